The molecule has 2 aromatic heterocycles. The van der Waals surface area contributed by atoms with Crippen molar-refractivity contribution in [1.29, 1.82) is 0 Å². The maximum atomic E-state index is 9.23. The molecule has 3 N–H and O–H groups in total. The van der Waals surface area contributed by atoms with Gasteiger partial charge in [0.15, 0.2) is 5.65 Å². The van der Waals surface area contributed by atoms with Crippen molar-refractivity contribution in [1.82, 2.24) is 14.6 Å². The van der Waals surface area contributed by atoms with E-state index in [-0.39, 0.29) is 5.75 Å². The first kappa shape index (κ1) is 9.65. The van der Waals surface area contributed by atoms with Gasteiger partial charge in [0.05, 0.1) is 11.9 Å². The standard InChI is InChI=1S/C12H10N4O/c13-11-6-15-16-7-9(5-14-12(11)16)8-1-3-10(17)4-2-8/h1-7,17H,13H2. The average Bonchev–Trinajstić information content (AvgIpc) is 2.72. The lowest BCUT2D eigenvalue weighted by molar-refractivity contribution is 0.475. The summed E-state index contributed by atoms with van der Waals surface area (Å²) in [6, 6.07) is 6.92. The Balaban J connectivity index is 2.14. The number of aromatic nitrogens is 3. The Hall–Kier alpha value is -2.56. The SMILES string of the molecule is Nc1cnn2cc(-c3ccc(O)cc3)cnc12. The predicted octanol–water partition coefficient (Wildman–Crippen LogP) is 1.68. The molecule has 0 aliphatic carbocycles. The van der Waals surface area contributed by atoms with Crippen LogP contribution in [0.4, 0.5) is 5.69 Å². The van der Waals surface area contributed by atoms with E-state index in [0.29, 0.717) is 11.3 Å². The first-order valence-electron chi connectivity index (χ1n) is 5.12. The van der Waals surface area contributed by atoms with Gasteiger partial charge in [0.2, 0.25) is 0 Å². The van der Waals surface area contributed by atoms with Crippen LogP contribution in [0.3, 0.4) is 0 Å². The minimum Gasteiger partial charge on any atom is -0.508 e. The summed E-state index contributed by atoms with van der Waals surface area (Å²) >= 11 is 0. The molecule has 0 amide bonds. The first-order valence-corrected chi connectivity index (χ1v) is 5.12. The van der Waals surface area contributed by atoms with Crippen molar-refractivity contribution < 1.29 is 5.11 Å². The molecule has 0 aliphatic heterocycles. The summed E-state index contributed by atoms with van der Waals surface area (Å²) in [4.78, 5) is 4.25. The van der Waals surface area contributed by atoms with E-state index in [1.165, 1.54) is 0 Å². The van der Waals surface area contributed by atoms with E-state index in [9.17, 15) is 5.11 Å². The van der Waals surface area contributed by atoms with Crippen molar-refractivity contribution in [2.75, 3.05) is 5.73 Å². The lowest BCUT2D eigenvalue weighted by atomic mass is 10.1. The molecule has 0 atom stereocenters. The minimum atomic E-state index is 0.242. The van der Waals surface area contributed by atoms with Crippen molar-refractivity contribution in [2.24, 2.45) is 0 Å². The van der Waals surface area contributed by atoms with E-state index in [4.69, 9.17) is 5.73 Å². The number of aromatic hydroxyl groups is 1. The monoisotopic (exact) mass is 226 g/mol. The Bertz CT molecular complexity index is 673. The summed E-state index contributed by atoms with van der Waals surface area (Å²) in [5, 5.41) is 13.3. The molecule has 3 rings (SSSR count). The zero-order chi connectivity index (χ0) is 11.8. The summed E-state index contributed by atoms with van der Waals surface area (Å²) in [5.41, 5.74) is 8.79. The Morgan fingerprint density at radius 2 is 1.82 bits per heavy atom. The third kappa shape index (κ3) is 1.57. The molecule has 0 bridgehead atoms. The Kier molecular flexibility index (Phi) is 1.98. The maximum absolute atomic E-state index is 9.23. The first-order chi connectivity index (χ1) is 8.24. The third-order valence-corrected chi connectivity index (χ3v) is 2.58. The number of hydrogen-bond donors (Lipinski definition) is 2. The van der Waals surface area contributed by atoms with Crippen LogP contribution in [0.2, 0.25) is 0 Å². The fourth-order valence-electron chi connectivity index (χ4n) is 1.70. The molecule has 5 heteroatoms. The molecular formula is C12H10N4O. The highest BCUT2D eigenvalue weighted by Gasteiger charge is 2.04. The maximum Gasteiger partial charge on any atom is 0.178 e. The normalized spacial score (nSPS) is 10.8. The number of hydrogen-bond acceptors (Lipinski definition) is 4. The molecule has 0 radical (unpaired) electrons. The van der Waals surface area contributed by atoms with Crippen LogP contribution in [-0.2, 0) is 0 Å². The van der Waals surface area contributed by atoms with Crippen LogP contribution in [-0.4, -0.2) is 19.7 Å². The number of nitrogens with two attached hydrogens (primary N) is 1. The van der Waals surface area contributed by atoms with E-state index in [2.05, 4.69) is 10.1 Å². The van der Waals surface area contributed by atoms with E-state index >= 15 is 0 Å². The van der Waals surface area contributed by atoms with Gasteiger partial charge < -0.3 is 10.8 Å². The predicted molar refractivity (Wildman–Crippen MR) is 64.5 cm³/mol. The van der Waals surface area contributed by atoms with E-state index in [1.54, 1.807) is 29.0 Å². The lowest BCUT2D eigenvalue weighted by Crippen LogP contribution is -1.92. The zero-order valence-corrected chi connectivity index (χ0v) is 8.91. The topological polar surface area (TPSA) is 76.4 Å². The number of phenolic OH excluding ortho intramolecular Hbond substituents is 1. The van der Waals surface area contributed by atoms with Gasteiger partial charge in [-0.1, -0.05) is 12.1 Å². The van der Waals surface area contributed by atoms with Crippen molar-refractivity contribution in [3.8, 4) is 16.9 Å². The van der Waals surface area contributed by atoms with E-state index < -0.39 is 0 Å². The highest BCUT2D eigenvalue weighted by Crippen LogP contribution is 2.22. The van der Waals surface area contributed by atoms with Crippen LogP contribution >= 0.6 is 0 Å². The number of nitrogens with zero attached hydrogens (tertiary/aromatic N) is 3. The van der Waals surface area contributed by atoms with E-state index in [1.807, 2.05) is 18.3 Å². The van der Waals surface area contributed by atoms with E-state index in [0.717, 1.165) is 11.1 Å². The van der Waals surface area contributed by atoms with Gasteiger partial charge in [0.1, 0.15) is 5.75 Å². The lowest BCUT2D eigenvalue weighted by Gasteiger charge is -2.02. The number of benzene rings is 1. The molecule has 0 aliphatic rings. The zero-order valence-electron chi connectivity index (χ0n) is 8.91. The average molecular weight is 226 g/mol. The van der Waals surface area contributed by atoms with Gasteiger partial charge in [-0.15, -0.1) is 0 Å². The molecule has 5 nitrogen and oxygen atoms in total. The van der Waals surface area contributed by atoms with Crippen LogP contribution in [0.25, 0.3) is 16.8 Å². The van der Waals surface area contributed by atoms with Gasteiger partial charge in [-0.2, -0.15) is 5.10 Å². The molecule has 84 valence electrons. The third-order valence-electron chi connectivity index (χ3n) is 2.58. The highest BCUT2D eigenvalue weighted by atomic mass is 16.3. The molecule has 2 heterocycles. The summed E-state index contributed by atoms with van der Waals surface area (Å²) in [7, 11) is 0. The fraction of sp³-hybridized carbons (Fsp3) is 0. The molecular weight excluding hydrogens is 216 g/mol. The van der Waals surface area contributed by atoms with Gasteiger partial charge in [0, 0.05) is 18.0 Å². The van der Waals surface area contributed by atoms with Crippen molar-refractivity contribution in [2.45, 2.75) is 0 Å². The minimum absolute atomic E-state index is 0.242. The van der Waals surface area contributed by atoms with Gasteiger partial charge in [-0.3, -0.25) is 0 Å². The Morgan fingerprint density at radius 3 is 2.59 bits per heavy atom. The second-order valence-electron chi connectivity index (χ2n) is 3.76. The molecule has 0 spiro atoms. The Morgan fingerprint density at radius 1 is 1.06 bits per heavy atom. The van der Waals surface area contributed by atoms with Crippen LogP contribution < -0.4 is 5.73 Å². The summed E-state index contributed by atoms with van der Waals surface area (Å²) in [6.45, 7) is 0. The molecule has 0 saturated carbocycles. The van der Waals surface area contributed by atoms with Gasteiger partial charge in [-0.25, -0.2) is 9.50 Å². The van der Waals surface area contributed by atoms with Crippen LogP contribution in [0.5, 0.6) is 5.75 Å². The summed E-state index contributed by atoms with van der Waals surface area (Å²) in [6.07, 6.45) is 5.16. The summed E-state index contributed by atoms with van der Waals surface area (Å²) < 4.78 is 1.64. The molecule has 3 aromatic rings. The number of nitrogen functional groups attached to an aromatic ring is 1. The summed E-state index contributed by atoms with van der Waals surface area (Å²) in [5.74, 6) is 0.242. The van der Waals surface area contributed by atoms with Crippen molar-refractivity contribution in [3.05, 3.63) is 42.9 Å². The molecule has 0 saturated heterocycles. The molecule has 0 unspecified atom stereocenters. The number of phenols is 1. The fourth-order valence-corrected chi connectivity index (χ4v) is 1.70. The van der Waals surface area contributed by atoms with Crippen molar-refractivity contribution >= 4 is 11.3 Å². The quantitative estimate of drug-likeness (QED) is 0.662. The second-order valence-corrected chi connectivity index (χ2v) is 3.76. The van der Waals surface area contributed by atoms with Gasteiger partial charge >= 0.3 is 0 Å². The second kappa shape index (κ2) is 3.48. The van der Waals surface area contributed by atoms with Crippen LogP contribution in [0, 0.1) is 0 Å². The molecule has 17 heavy (non-hydrogen) atoms. The number of rotatable bonds is 1. The molecule has 1 aromatic carbocycles. The Labute approximate surface area is 97.1 Å². The van der Waals surface area contributed by atoms with Gasteiger partial charge in [-0.05, 0) is 17.7 Å². The van der Waals surface area contributed by atoms with Crippen LogP contribution in [0.15, 0.2) is 42.9 Å². The number of anilines is 1. The van der Waals surface area contributed by atoms with Gasteiger partial charge in [0.25, 0.3) is 0 Å². The highest BCUT2D eigenvalue weighted by molar-refractivity contribution is 5.68. The van der Waals surface area contributed by atoms with Crippen molar-refractivity contribution in [3.63, 3.8) is 0 Å². The van der Waals surface area contributed by atoms with Crippen LogP contribution in [0.1, 0.15) is 0 Å². The largest absolute Gasteiger partial charge is 0.508 e. The smallest absolute Gasteiger partial charge is 0.178 e. The number of fused-ring (bicyclic) bond motifs is 1. The molecule has 0 fully saturated rings.